The molecule has 5 rings (SSSR count). The van der Waals surface area contributed by atoms with E-state index in [1.165, 1.54) is 11.8 Å². The maximum absolute atomic E-state index is 13.1. The van der Waals surface area contributed by atoms with E-state index < -0.39 is 0 Å². The van der Waals surface area contributed by atoms with Crippen LogP contribution in [0.3, 0.4) is 0 Å². The summed E-state index contributed by atoms with van der Waals surface area (Å²) in [7, 11) is 1.91. The van der Waals surface area contributed by atoms with Crippen molar-refractivity contribution in [1.29, 1.82) is 0 Å². The lowest BCUT2D eigenvalue weighted by Gasteiger charge is -2.25. The Morgan fingerprint density at radius 2 is 1.88 bits per heavy atom. The molecule has 0 bridgehead atoms. The number of likely N-dealkylation sites (tertiary alicyclic amines) is 1. The predicted molar refractivity (Wildman–Crippen MR) is 128 cm³/mol. The van der Waals surface area contributed by atoms with Gasteiger partial charge in [0.1, 0.15) is 0 Å². The van der Waals surface area contributed by atoms with Gasteiger partial charge >= 0.3 is 0 Å². The molecule has 0 spiro atoms. The van der Waals surface area contributed by atoms with Crippen LogP contribution >= 0.6 is 23.4 Å². The summed E-state index contributed by atoms with van der Waals surface area (Å²) in [5.74, 6) is 2.71. The molecule has 0 aliphatic carbocycles. The third-order valence-electron chi connectivity index (χ3n) is 5.99. The van der Waals surface area contributed by atoms with Crippen molar-refractivity contribution in [2.24, 2.45) is 7.05 Å². The number of hydrogen-bond donors (Lipinski definition) is 0. The van der Waals surface area contributed by atoms with Crippen molar-refractivity contribution in [1.82, 2.24) is 19.7 Å². The molecule has 1 aromatic heterocycles. The number of nitrogens with zero attached hydrogens (tertiary/aromatic N) is 4. The Balaban J connectivity index is 1.26. The lowest BCUT2D eigenvalue weighted by Crippen LogP contribution is -2.32. The van der Waals surface area contributed by atoms with Gasteiger partial charge in [0.25, 0.3) is 0 Å². The first-order valence-corrected chi connectivity index (χ1v) is 12.4. The van der Waals surface area contributed by atoms with Crippen LogP contribution in [0.2, 0.25) is 5.02 Å². The number of carbonyl (C=O) groups excluding carboxylic acids is 1. The second-order valence-corrected chi connectivity index (χ2v) is 9.54. The maximum Gasteiger partial charge on any atom is 0.233 e. The van der Waals surface area contributed by atoms with Gasteiger partial charge in [-0.1, -0.05) is 29.4 Å². The monoisotopic (exact) mass is 484 g/mol. The predicted octanol–water partition coefficient (Wildman–Crippen LogP) is 4.75. The molecule has 2 aliphatic heterocycles. The fourth-order valence-electron chi connectivity index (χ4n) is 4.30. The van der Waals surface area contributed by atoms with Gasteiger partial charge in [-0.3, -0.25) is 4.79 Å². The van der Waals surface area contributed by atoms with E-state index in [0.717, 1.165) is 54.3 Å². The topological polar surface area (TPSA) is 69.5 Å². The van der Waals surface area contributed by atoms with E-state index in [-0.39, 0.29) is 11.9 Å². The zero-order chi connectivity index (χ0) is 22.8. The number of amides is 1. The highest BCUT2D eigenvalue weighted by Gasteiger charge is 2.31. The second-order valence-electron chi connectivity index (χ2n) is 8.16. The quantitative estimate of drug-likeness (QED) is 0.487. The fourth-order valence-corrected chi connectivity index (χ4v) is 5.22. The largest absolute Gasteiger partial charge is 0.490 e. The zero-order valence-corrected chi connectivity index (χ0v) is 19.9. The molecule has 33 heavy (non-hydrogen) atoms. The van der Waals surface area contributed by atoms with E-state index in [9.17, 15) is 4.79 Å². The molecule has 2 aliphatic rings. The Morgan fingerprint density at radius 3 is 2.70 bits per heavy atom. The average Bonchev–Trinajstić information content (AvgIpc) is 3.38. The van der Waals surface area contributed by atoms with Crippen molar-refractivity contribution in [3.05, 3.63) is 53.1 Å². The number of benzene rings is 2. The van der Waals surface area contributed by atoms with Crippen LogP contribution in [-0.4, -0.2) is 51.1 Å². The van der Waals surface area contributed by atoms with Crippen molar-refractivity contribution < 1.29 is 14.3 Å². The molecule has 1 atom stereocenters. The summed E-state index contributed by atoms with van der Waals surface area (Å²) >= 11 is 7.40. The summed E-state index contributed by atoms with van der Waals surface area (Å²) in [6.07, 6.45) is 2.80. The minimum atomic E-state index is 0.0550. The smallest absolute Gasteiger partial charge is 0.233 e. The van der Waals surface area contributed by atoms with Crippen molar-refractivity contribution in [2.45, 2.75) is 30.5 Å². The highest BCUT2D eigenvalue weighted by molar-refractivity contribution is 7.99. The summed E-state index contributed by atoms with van der Waals surface area (Å²) in [5.41, 5.74) is 2.03. The van der Waals surface area contributed by atoms with Gasteiger partial charge in [-0.05, 0) is 54.8 Å². The highest BCUT2D eigenvalue weighted by atomic mass is 35.5. The van der Waals surface area contributed by atoms with Crippen LogP contribution in [-0.2, 0) is 11.8 Å². The van der Waals surface area contributed by atoms with Crippen LogP contribution < -0.4 is 9.47 Å². The van der Waals surface area contributed by atoms with Crippen LogP contribution in [0.1, 0.15) is 30.9 Å². The van der Waals surface area contributed by atoms with E-state index in [1.807, 2.05) is 52.9 Å². The lowest BCUT2D eigenvalue weighted by atomic mass is 10.0. The first-order chi connectivity index (χ1) is 16.1. The van der Waals surface area contributed by atoms with Crippen molar-refractivity contribution >= 4 is 29.3 Å². The van der Waals surface area contributed by atoms with E-state index in [2.05, 4.69) is 16.3 Å². The minimum absolute atomic E-state index is 0.0550. The Labute approximate surface area is 202 Å². The van der Waals surface area contributed by atoms with Gasteiger partial charge in [0.2, 0.25) is 5.91 Å². The molecule has 2 aromatic carbocycles. The highest BCUT2D eigenvalue weighted by Crippen LogP contribution is 2.38. The number of carbonyl (C=O) groups is 1. The number of rotatable bonds is 5. The van der Waals surface area contributed by atoms with Crippen molar-refractivity contribution in [2.75, 3.05) is 25.5 Å². The number of fused-ring (bicyclic) bond motifs is 1. The van der Waals surface area contributed by atoms with E-state index >= 15 is 0 Å². The number of halogens is 1. The minimum Gasteiger partial charge on any atom is -0.490 e. The molecule has 1 unspecified atom stereocenters. The molecule has 0 radical (unpaired) electrons. The molecule has 7 nitrogen and oxygen atoms in total. The Kier molecular flexibility index (Phi) is 6.46. The molecular weight excluding hydrogens is 460 g/mol. The van der Waals surface area contributed by atoms with Gasteiger partial charge in [-0.25, -0.2) is 0 Å². The maximum atomic E-state index is 13.1. The van der Waals surface area contributed by atoms with Crippen LogP contribution in [0.15, 0.2) is 47.6 Å². The van der Waals surface area contributed by atoms with Crippen molar-refractivity contribution in [3.8, 4) is 22.9 Å². The standard InChI is InChI=1S/C24H25ClN4O3S/c1-28-23(16-5-8-18(25)9-6-16)26-27-24(28)33-15-22(30)29-11-2-4-19(29)17-7-10-20-21(14-17)32-13-3-12-31-20/h5-10,14,19H,2-4,11-13,15H2,1H3. The Hall–Kier alpha value is -2.71. The van der Waals surface area contributed by atoms with Gasteiger partial charge in [0, 0.05) is 30.6 Å². The van der Waals surface area contributed by atoms with Gasteiger partial charge in [-0.2, -0.15) is 0 Å². The van der Waals surface area contributed by atoms with Crippen LogP contribution in [0.4, 0.5) is 0 Å². The molecule has 0 N–H and O–H groups in total. The van der Waals surface area contributed by atoms with E-state index in [1.54, 1.807) is 0 Å². The van der Waals surface area contributed by atoms with Crippen molar-refractivity contribution in [3.63, 3.8) is 0 Å². The molecule has 1 saturated heterocycles. The third kappa shape index (κ3) is 4.68. The number of ether oxygens (including phenoxy) is 2. The number of hydrogen-bond acceptors (Lipinski definition) is 6. The van der Waals surface area contributed by atoms with Crippen LogP contribution in [0, 0.1) is 0 Å². The summed E-state index contributed by atoms with van der Waals surface area (Å²) in [5, 5.41) is 9.97. The molecule has 1 fully saturated rings. The summed E-state index contributed by atoms with van der Waals surface area (Å²) in [6.45, 7) is 2.07. The third-order valence-corrected chi connectivity index (χ3v) is 7.25. The number of thioether (sulfide) groups is 1. The molecule has 3 heterocycles. The summed E-state index contributed by atoms with van der Waals surface area (Å²) < 4.78 is 13.5. The van der Waals surface area contributed by atoms with Gasteiger partial charge in [0.15, 0.2) is 22.5 Å². The van der Waals surface area contributed by atoms with E-state index in [4.69, 9.17) is 21.1 Å². The molecule has 1 amide bonds. The first kappa shape index (κ1) is 22.1. The first-order valence-electron chi connectivity index (χ1n) is 11.1. The van der Waals surface area contributed by atoms with Gasteiger partial charge in [-0.15, -0.1) is 10.2 Å². The molecule has 9 heteroatoms. The Morgan fingerprint density at radius 1 is 1.09 bits per heavy atom. The molecular formula is C24H25ClN4O3S. The number of aromatic nitrogens is 3. The normalized spacial score (nSPS) is 17.8. The SMILES string of the molecule is Cn1c(SCC(=O)N2CCCC2c2ccc3c(c2)OCCCO3)nnc1-c1ccc(Cl)cc1. The zero-order valence-electron chi connectivity index (χ0n) is 18.4. The van der Waals surface area contributed by atoms with Crippen LogP contribution in [0.5, 0.6) is 11.5 Å². The van der Waals surface area contributed by atoms with Gasteiger partial charge in [0.05, 0.1) is 25.0 Å². The van der Waals surface area contributed by atoms with Crippen LogP contribution in [0.25, 0.3) is 11.4 Å². The molecule has 3 aromatic rings. The van der Waals surface area contributed by atoms with E-state index in [0.29, 0.717) is 29.1 Å². The lowest BCUT2D eigenvalue weighted by molar-refractivity contribution is -0.129. The average molecular weight is 485 g/mol. The summed E-state index contributed by atoms with van der Waals surface area (Å²) in [4.78, 5) is 15.1. The molecule has 172 valence electrons. The Bertz CT molecular complexity index is 1150. The van der Waals surface area contributed by atoms with Gasteiger partial charge < -0.3 is 18.9 Å². The molecule has 0 saturated carbocycles. The summed E-state index contributed by atoms with van der Waals surface area (Å²) in [6, 6.07) is 13.6. The second kappa shape index (κ2) is 9.65. The fraction of sp³-hybridized carbons (Fsp3) is 0.375.